The number of hydrogen-bond donors (Lipinski definition) is 1. The topological polar surface area (TPSA) is 66.5 Å². The molecule has 0 spiro atoms. The van der Waals surface area contributed by atoms with Crippen LogP contribution in [0.4, 0.5) is 0 Å². The predicted molar refractivity (Wildman–Crippen MR) is 72.1 cm³/mol. The lowest BCUT2D eigenvalue weighted by Gasteiger charge is -2.29. The van der Waals surface area contributed by atoms with Gasteiger partial charge in [-0.15, -0.1) is 6.58 Å². The van der Waals surface area contributed by atoms with Crippen molar-refractivity contribution >= 4 is 15.7 Å². The highest BCUT2D eigenvalue weighted by molar-refractivity contribution is 7.91. The average Bonchev–Trinajstić information content (AvgIpc) is 2.23. The SMILES string of the molecule is C=CCN(C(=O)CC1CS(=O)(=O)CCN1)C(C)C. The van der Waals surface area contributed by atoms with Crippen LogP contribution in [0.15, 0.2) is 12.7 Å². The Kier molecular flexibility index (Phi) is 5.34. The van der Waals surface area contributed by atoms with E-state index in [0.717, 1.165) is 0 Å². The van der Waals surface area contributed by atoms with Crippen molar-refractivity contribution in [1.29, 1.82) is 0 Å². The first-order valence-corrected chi connectivity index (χ1v) is 8.02. The number of hydrogen-bond acceptors (Lipinski definition) is 4. The fourth-order valence-electron chi connectivity index (χ4n) is 2.07. The summed E-state index contributed by atoms with van der Waals surface area (Å²) in [5, 5.41) is 3.09. The molecule has 0 aromatic carbocycles. The molecular formula is C12H22N2O3S. The van der Waals surface area contributed by atoms with Crippen molar-refractivity contribution in [2.45, 2.75) is 32.4 Å². The third-order valence-corrected chi connectivity index (χ3v) is 4.73. The molecule has 0 radical (unpaired) electrons. The van der Waals surface area contributed by atoms with Crippen LogP contribution in [-0.2, 0) is 14.6 Å². The van der Waals surface area contributed by atoms with E-state index in [-0.39, 0.29) is 35.9 Å². The Hall–Kier alpha value is -0.880. The second kappa shape index (κ2) is 6.33. The van der Waals surface area contributed by atoms with Crippen molar-refractivity contribution in [1.82, 2.24) is 10.2 Å². The molecule has 1 fully saturated rings. The Bertz CT molecular complexity index is 404. The maximum absolute atomic E-state index is 12.1. The van der Waals surface area contributed by atoms with E-state index in [9.17, 15) is 13.2 Å². The summed E-state index contributed by atoms with van der Waals surface area (Å²) in [6.45, 7) is 8.43. The normalized spacial score (nSPS) is 22.7. The number of carbonyl (C=O) groups excluding carboxylic acids is 1. The van der Waals surface area contributed by atoms with Gasteiger partial charge in [0.1, 0.15) is 0 Å². The smallest absolute Gasteiger partial charge is 0.224 e. The molecule has 18 heavy (non-hydrogen) atoms. The maximum Gasteiger partial charge on any atom is 0.224 e. The van der Waals surface area contributed by atoms with Crippen molar-refractivity contribution in [2.24, 2.45) is 0 Å². The van der Waals surface area contributed by atoms with Crippen molar-refractivity contribution in [3.8, 4) is 0 Å². The van der Waals surface area contributed by atoms with Crippen LogP contribution in [0.2, 0.25) is 0 Å². The van der Waals surface area contributed by atoms with E-state index in [1.54, 1.807) is 11.0 Å². The molecule has 104 valence electrons. The lowest BCUT2D eigenvalue weighted by atomic mass is 10.2. The van der Waals surface area contributed by atoms with E-state index < -0.39 is 9.84 Å². The van der Waals surface area contributed by atoms with Crippen molar-refractivity contribution in [3.05, 3.63) is 12.7 Å². The zero-order valence-electron chi connectivity index (χ0n) is 11.1. The molecule has 1 amide bonds. The van der Waals surface area contributed by atoms with Crippen LogP contribution in [-0.4, -0.2) is 55.9 Å². The van der Waals surface area contributed by atoms with Crippen molar-refractivity contribution in [2.75, 3.05) is 24.6 Å². The number of amides is 1. The lowest BCUT2D eigenvalue weighted by molar-refractivity contribution is -0.132. The van der Waals surface area contributed by atoms with Crippen LogP contribution in [0.5, 0.6) is 0 Å². The van der Waals surface area contributed by atoms with E-state index in [1.807, 2.05) is 13.8 Å². The van der Waals surface area contributed by atoms with Gasteiger partial charge in [-0.05, 0) is 13.8 Å². The molecule has 0 bridgehead atoms. The summed E-state index contributed by atoms with van der Waals surface area (Å²) in [5.74, 6) is 0.191. The van der Waals surface area contributed by atoms with Gasteiger partial charge in [0, 0.05) is 31.6 Å². The minimum atomic E-state index is -2.99. The Labute approximate surface area is 109 Å². The van der Waals surface area contributed by atoms with Crippen LogP contribution in [0, 0.1) is 0 Å². The minimum Gasteiger partial charge on any atom is -0.337 e. The monoisotopic (exact) mass is 274 g/mol. The highest BCUT2D eigenvalue weighted by Crippen LogP contribution is 2.09. The predicted octanol–water partition coefficient (Wildman–Crippen LogP) is 0.186. The third-order valence-electron chi connectivity index (χ3n) is 2.99. The molecule has 1 aliphatic rings. The van der Waals surface area contributed by atoms with Gasteiger partial charge in [0.05, 0.1) is 11.5 Å². The third kappa shape index (κ3) is 4.42. The molecule has 1 aliphatic heterocycles. The summed E-state index contributed by atoms with van der Waals surface area (Å²) in [5.41, 5.74) is 0. The number of nitrogens with one attached hydrogen (secondary N) is 1. The fourth-order valence-corrected chi connectivity index (χ4v) is 3.51. The number of nitrogens with zero attached hydrogens (tertiary/aromatic N) is 1. The zero-order chi connectivity index (χ0) is 13.8. The van der Waals surface area contributed by atoms with Crippen LogP contribution in [0.1, 0.15) is 20.3 Å². The largest absolute Gasteiger partial charge is 0.337 e. The fraction of sp³-hybridized carbons (Fsp3) is 0.750. The molecule has 0 aromatic rings. The van der Waals surface area contributed by atoms with Gasteiger partial charge in [0.25, 0.3) is 0 Å². The number of rotatable bonds is 5. The van der Waals surface area contributed by atoms with Gasteiger partial charge >= 0.3 is 0 Å². The summed E-state index contributed by atoms with van der Waals surface area (Å²) in [6, 6.07) is -0.169. The molecule has 6 heteroatoms. The van der Waals surface area contributed by atoms with E-state index in [2.05, 4.69) is 11.9 Å². The highest BCUT2D eigenvalue weighted by atomic mass is 32.2. The van der Waals surface area contributed by atoms with Crippen molar-refractivity contribution < 1.29 is 13.2 Å². The van der Waals surface area contributed by atoms with Gasteiger partial charge < -0.3 is 10.2 Å². The first kappa shape index (κ1) is 15.2. The molecule has 1 N–H and O–H groups in total. The second-order valence-corrected chi connectivity index (χ2v) is 7.13. The minimum absolute atomic E-state index is 0.0282. The van der Waals surface area contributed by atoms with Crippen LogP contribution in [0.3, 0.4) is 0 Å². The molecule has 1 heterocycles. The average molecular weight is 274 g/mol. The molecule has 1 atom stereocenters. The summed E-state index contributed by atoms with van der Waals surface area (Å²) in [4.78, 5) is 13.8. The van der Waals surface area contributed by atoms with Gasteiger partial charge in [-0.2, -0.15) is 0 Å². The standard InChI is InChI=1S/C12H22N2O3S/c1-4-6-14(10(2)3)12(15)8-11-9-18(16,17)7-5-13-11/h4,10-11,13H,1,5-9H2,2-3H3. The summed E-state index contributed by atoms with van der Waals surface area (Å²) in [6.07, 6.45) is 1.91. The first-order valence-electron chi connectivity index (χ1n) is 6.20. The Balaban J connectivity index is 2.60. The Morgan fingerprint density at radius 1 is 1.56 bits per heavy atom. The second-order valence-electron chi connectivity index (χ2n) is 4.90. The van der Waals surface area contributed by atoms with E-state index in [1.165, 1.54) is 0 Å². The number of sulfone groups is 1. The molecule has 0 aliphatic carbocycles. The van der Waals surface area contributed by atoms with Gasteiger partial charge in [0.2, 0.25) is 5.91 Å². The molecular weight excluding hydrogens is 252 g/mol. The molecule has 1 rings (SSSR count). The molecule has 5 nitrogen and oxygen atoms in total. The Morgan fingerprint density at radius 3 is 2.72 bits per heavy atom. The summed E-state index contributed by atoms with van der Waals surface area (Å²) < 4.78 is 23.0. The molecule has 1 unspecified atom stereocenters. The Morgan fingerprint density at radius 2 is 2.22 bits per heavy atom. The van der Waals surface area contributed by atoms with Crippen LogP contribution >= 0.6 is 0 Å². The summed E-state index contributed by atoms with van der Waals surface area (Å²) >= 11 is 0. The molecule has 0 aromatic heterocycles. The quantitative estimate of drug-likeness (QED) is 0.727. The molecule has 0 saturated carbocycles. The van der Waals surface area contributed by atoms with Gasteiger partial charge in [0.15, 0.2) is 9.84 Å². The lowest BCUT2D eigenvalue weighted by Crippen LogP contribution is -2.48. The highest BCUT2D eigenvalue weighted by Gasteiger charge is 2.27. The maximum atomic E-state index is 12.1. The van der Waals surface area contributed by atoms with Gasteiger partial charge in [-0.25, -0.2) is 8.42 Å². The van der Waals surface area contributed by atoms with E-state index in [0.29, 0.717) is 13.1 Å². The van der Waals surface area contributed by atoms with E-state index in [4.69, 9.17) is 0 Å². The summed E-state index contributed by atoms with van der Waals surface area (Å²) in [7, 11) is -2.99. The first-order chi connectivity index (χ1) is 8.35. The van der Waals surface area contributed by atoms with Gasteiger partial charge in [-0.3, -0.25) is 4.79 Å². The van der Waals surface area contributed by atoms with E-state index >= 15 is 0 Å². The van der Waals surface area contributed by atoms with Crippen LogP contribution in [0.25, 0.3) is 0 Å². The van der Waals surface area contributed by atoms with Crippen molar-refractivity contribution in [3.63, 3.8) is 0 Å². The number of carbonyl (C=O) groups is 1. The molecule has 1 saturated heterocycles. The zero-order valence-corrected chi connectivity index (χ0v) is 11.9. The van der Waals surface area contributed by atoms with Crippen LogP contribution < -0.4 is 5.32 Å². The van der Waals surface area contributed by atoms with Gasteiger partial charge in [-0.1, -0.05) is 6.08 Å².